The lowest BCUT2D eigenvalue weighted by Crippen LogP contribution is -2.38. The summed E-state index contributed by atoms with van der Waals surface area (Å²) in [6.45, 7) is 2.76. The predicted molar refractivity (Wildman–Crippen MR) is 100 cm³/mol. The van der Waals surface area contributed by atoms with Gasteiger partial charge in [-0.3, -0.25) is 4.79 Å². The van der Waals surface area contributed by atoms with Crippen molar-refractivity contribution in [1.29, 1.82) is 0 Å². The maximum atomic E-state index is 13.3. The van der Waals surface area contributed by atoms with Gasteiger partial charge in [-0.2, -0.15) is 0 Å². The van der Waals surface area contributed by atoms with Crippen molar-refractivity contribution in [2.24, 2.45) is 0 Å². The Labute approximate surface area is 162 Å². The van der Waals surface area contributed by atoms with Crippen LogP contribution < -0.4 is 0 Å². The zero-order valence-corrected chi connectivity index (χ0v) is 15.6. The summed E-state index contributed by atoms with van der Waals surface area (Å²) in [5.41, 5.74) is 1.05. The molecule has 0 radical (unpaired) electrons. The maximum Gasteiger partial charge on any atom is 0.233 e. The molecule has 0 fully saturated rings. The molecule has 0 unspecified atom stereocenters. The quantitative estimate of drug-likeness (QED) is 0.667. The number of rotatable bonds is 2. The molecule has 0 spiro atoms. The van der Waals surface area contributed by atoms with Crippen LogP contribution in [0.4, 0.5) is 0 Å². The molecule has 1 amide bonds. The van der Waals surface area contributed by atoms with Gasteiger partial charge in [0.2, 0.25) is 5.91 Å². The molecule has 0 saturated carbocycles. The van der Waals surface area contributed by atoms with Crippen LogP contribution in [0.25, 0.3) is 11.4 Å². The summed E-state index contributed by atoms with van der Waals surface area (Å²) in [6, 6.07) is 10.1. The van der Waals surface area contributed by atoms with Crippen molar-refractivity contribution in [2.75, 3.05) is 13.1 Å². The van der Waals surface area contributed by atoms with Crippen molar-refractivity contribution < 1.29 is 4.79 Å². The van der Waals surface area contributed by atoms with Gasteiger partial charge in [0.25, 0.3) is 0 Å². The number of benzene rings is 1. The molecule has 3 aromatic rings. The smallest absolute Gasteiger partial charge is 0.233 e. The van der Waals surface area contributed by atoms with Gasteiger partial charge in [-0.05, 0) is 23.3 Å². The third-order valence-corrected chi connectivity index (χ3v) is 5.65. The lowest BCUT2D eigenvalue weighted by Gasteiger charge is -2.24. The van der Waals surface area contributed by atoms with Crippen LogP contribution >= 0.6 is 0 Å². The molecule has 0 saturated heterocycles. The Morgan fingerprint density at radius 1 is 0.964 bits per heavy atom. The Balaban J connectivity index is 1.37. The first kappa shape index (κ1) is 17.0. The van der Waals surface area contributed by atoms with E-state index in [4.69, 9.17) is 0 Å². The molecule has 0 aliphatic carbocycles. The van der Waals surface area contributed by atoms with Crippen molar-refractivity contribution in [1.82, 2.24) is 39.9 Å². The monoisotopic (exact) mass is 378 g/mol. The Hall–Kier alpha value is -3.10. The van der Waals surface area contributed by atoms with Crippen molar-refractivity contribution in [3.05, 3.63) is 42.0 Å². The normalized spacial score (nSPS) is 19.4. The number of nitrogens with zero attached hydrogens (tertiary/aromatic N) is 8. The second-order valence-corrected chi connectivity index (χ2v) is 7.34. The highest BCUT2D eigenvalue weighted by molar-refractivity contribution is 5.83. The number of hydrogen-bond acceptors (Lipinski definition) is 6. The average Bonchev–Trinajstić information content (AvgIpc) is 3.24. The summed E-state index contributed by atoms with van der Waals surface area (Å²) in [5, 5.41) is 20.7. The largest absolute Gasteiger partial charge is 0.340 e. The van der Waals surface area contributed by atoms with Gasteiger partial charge in [0.1, 0.15) is 5.82 Å². The SMILES string of the molecule is O=C([C@H]1CCCCn2nnnc21)N1CCc2nnc(-c3ccccc3)n2CC1. The van der Waals surface area contributed by atoms with Crippen molar-refractivity contribution in [2.45, 2.75) is 44.7 Å². The van der Waals surface area contributed by atoms with E-state index in [1.165, 1.54) is 0 Å². The first-order chi connectivity index (χ1) is 13.8. The number of aryl methyl sites for hydroxylation is 1. The van der Waals surface area contributed by atoms with Crippen molar-refractivity contribution in [3.63, 3.8) is 0 Å². The molecule has 0 bridgehead atoms. The van der Waals surface area contributed by atoms with Crippen LogP contribution in [0.5, 0.6) is 0 Å². The van der Waals surface area contributed by atoms with E-state index >= 15 is 0 Å². The fourth-order valence-electron chi connectivity index (χ4n) is 4.16. The van der Waals surface area contributed by atoms with E-state index in [0.29, 0.717) is 31.9 Å². The number of aromatic nitrogens is 7. The van der Waals surface area contributed by atoms with E-state index < -0.39 is 0 Å². The molecule has 4 heterocycles. The summed E-state index contributed by atoms with van der Waals surface area (Å²) in [7, 11) is 0. The van der Waals surface area contributed by atoms with E-state index in [1.54, 1.807) is 4.68 Å². The lowest BCUT2D eigenvalue weighted by molar-refractivity contribution is -0.133. The van der Waals surface area contributed by atoms with Gasteiger partial charge < -0.3 is 9.47 Å². The second-order valence-electron chi connectivity index (χ2n) is 7.34. The molecule has 2 aromatic heterocycles. The van der Waals surface area contributed by atoms with Crippen molar-refractivity contribution >= 4 is 5.91 Å². The maximum absolute atomic E-state index is 13.3. The molecule has 28 heavy (non-hydrogen) atoms. The summed E-state index contributed by atoms with van der Waals surface area (Å²) >= 11 is 0. The summed E-state index contributed by atoms with van der Waals surface area (Å²) in [4.78, 5) is 15.3. The zero-order valence-electron chi connectivity index (χ0n) is 15.6. The second kappa shape index (κ2) is 7.14. The molecule has 144 valence electrons. The average molecular weight is 378 g/mol. The van der Waals surface area contributed by atoms with Crippen LogP contribution in [0, 0.1) is 0 Å². The number of fused-ring (bicyclic) bond motifs is 2. The van der Waals surface area contributed by atoms with Gasteiger partial charge in [0.05, 0.1) is 5.92 Å². The van der Waals surface area contributed by atoms with Gasteiger partial charge in [0.15, 0.2) is 11.6 Å². The minimum absolute atomic E-state index is 0.123. The zero-order chi connectivity index (χ0) is 18.9. The van der Waals surface area contributed by atoms with Crippen LogP contribution in [0.1, 0.15) is 36.8 Å². The highest BCUT2D eigenvalue weighted by Gasteiger charge is 2.33. The van der Waals surface area contributed by atoms with Gasteiger partial charge >= 0.3 is 0 Å². The van der Waals surface area contributed by atoms with Crippen molar-refractivity contribution in [3.8, 4) is 11.4 Å². The number of amides is 1. The molecule has 1 aromatic carbocycles. The number of carbonyl (C=O) groups excluding carboxylic acids is 1. The highest BCUT2D eigenvalue weighted by Crippen LogP contribution is 2.27. The van der Waals surface area contributed by atoms with E-state index in [9.17, 15) is 4.79 Å². The lowest BCUT2D eigenvalue weighted by atomic mass is 10.0. The number of tetrazole rings is 1. The fraction of sp³-hybridized carbons (Fsp3) is 0.474. The fourth-order valence-corrected chi connectivity index (χ4v) is 4.16. The molecule has 1 atom stereocenters. The summed E-state index contributed by atoms with van der Waals surface area (Å²) in [5.74, 6) is 2.37. The van der Waals surface area contributed by atoms with E-state index in [2.05, 4.69) is 30.3 Å². The van der Waals surface area contributed by atoms with E-state index in [1.807, 2.05) is 35.2 Å². The third-order valence-electron chi connectivity index (χ3n) is 5.65. The topological polar surface area (TPSA) is 94.6 Å². The summed E-state index contributed by atoms with van der Waals surface area (Å²) < 4.78 is 3.93. The summed E-state index contributed by atoms with van der Waals surface area (Å²) in [6.07, 6.45) is 3.50. The third kappa shape index (κ3) is 2.96. The molecule has 2 aliphatic heterocycles. The Morgan fingerprint density at radius 2 is 1.86 bits per heavy atom. The number of hydrogen-bond donors (Lipinski definition) is 0. The van der Waals surface area contributed by atoms with Gasteiger partial charge in [-0.25, -0.2) is 4.68 Å². The standard InChI is InChI=1S/C19H22N8O/c28-19(15-8-4-5-10-27-18(15)22-23-24-27)25-11-9-16-20-21-17(26(16)13-12-25)14-6-2-1-3-7-14/h1-3,6-7,15H,4-5,8-13H2/t15-/m0/s1. The minimum Gasteiger partial charge on any atom is -0.340 e. The van der Waals surface area contributed by atoms with E-state index in [0.717, 1.165) is 43.0 Å². The van der Waals surface area contributed by atoms with Gasteiger partial charge in [-0.1, -0.05) is 36.8 Å². The molecule has 0 N–H and O–H groups in total. The first-order valence-electron chi connectivity index (χ1n) is 9.83. The van der Waals surface area contributed by atoms with E-state index in [-0.39, 0.29) is 11.8 Å². The van der Waals surface area contributed by atoms with Crippen LogP contribution in [-0.4, -0.2) is 58.9 Å². The van der Waals surface area contributed by atoms with Gasteiger partial charge in [0, 0.05) is 38.2 Å². The first-order valence-corrected chi connectivity index (χ1v) is 9.83. The van der Waals surface area contributed by atoms with Gasteiger partial charge in [-0.15, -0.1) is 15.3 Å². The van der Waals surface area contributed by atoms with Crippen LogP contribution in [-0.2, 0) is 24.3 Å². The molecule has 2 aliphatic rings. The number of carbonyl (C=O) groups is 1. The minimum atomic E-state index is -0.255. The molecular formula is C19H22N8O. The molecular weight excluding hydrogens is 356 g/mol. The van der Waals surface area contributed by atoms with Crippen LogP contribution in [0.3, 0.4) is 0 Å². The van der Waals surface area contributed by atoms with Crippen LogP contribution in [0.2, 0.25) is 0 Å². The molecule has 9 heteroatoms. The molecule has 9 nitrogen and oxygen atoms in total. The Morgan fingerprint density at radius 3 is 2.75 bits per heavy atom. The highest BCUT2D eigenvalue weighted by atomic mass is 16.2. The Bertz CT molecular complexity index is 979. The molecule has 5 rings (SSSR count). The predicted octanol–water partition coefficient (Wildman–Crippen LogP) is 1.28. The Kier molecular flexibility index (Phi) is 4.34. The van der Waals surface area contributed by atoms with Crippen LogP contribution in [0.15, 0.2) is 30.3 Å².